The average molecular weight is 386 g/mol. The minimum absolute atomic E-state index is 0.851. The molecule has 29 heavy (non-hydrogen) atoms. The monoisotopic (exact) mass is 385 g/mol. The van der Waals surface area contributed by atoms with Crippen LogP contribution in [0.25, 0.3) is 0 Å². The topological polar surface area (TPSA) is 35.5 Å². The van der Waals surface area contributed by atoms with Crippen LogP contribution in [-0.2, 0) is 19.5 Å². The standard InChI is InChI=1S/C24H27N5/c1-2-6-20(7-3-1)18-27-14-16-28(17-15-27)23-10-12-25-24(26-23)29-13-11-21-8-4-5-9-22(21)19-29/h1-10,12H,11,13-19H2. The maximum atomic E-state index is 4.92. The van der Waals surface area contributed by atoms with Crippen molar-refractivity contribution in [2.75, 3.05) is 42.5 Å². The zero-order valence-electron chi connectivity index (χ0n) is 16.7. The molecule has 0 aliphatic carbocycles. The Balaban J connectivity index is 1.23. The highest BCUT2D eigenvalue weighted by Gasteiger charge is 2.21. The highest BCUT2D eigenvalue weighted by Crippen LogP contribution is 2.23. The minimum atomic E-state index is 0.851. The van der Waals surface area contributed by atoms with E-state index in [1.165, 1.54) is 16.7 Å². The predicted molar refractivity (Wildman–Crippen MR) is 117 cm³/mol. The van der Waals surface area contributed by atoms with Gasteiger partial charge in [-0.05, 0) is 29.2 Å². The highest BCUT2D eigenvalue weighted by atomic mass is 15.3. The zero-order valence-corrected chi connectivity index (χ0v) is 16.7. The summed E-state index contributed by atoms with van der Waals surface area (Å²) in [6.45, 7) is 7.03. The molecule has 0 bridgehead atoms. The van der Waals surface area contributed by atoms with Crippen molar-refractivity contribution in [2.24, 2.45) is 0 Å². The predicted octanol–water partition coefficient (Wildman–Crippen LogP) is 3.36. The van der Waals surface area contributed by atoms with Gasteiger partial charge in [-0.1, -0.05) is 54.6 Å². The lowest BCUT2D eigenvalue weighted by molar-refractivity contribution is 0.249. The largest absolute Gasteiger partial charge is 0.354 e. The zero-order chi connectivity index (χ0) is 19.5. The molecule has 0 spiro atoms. The fourth-order valence-corrected chi connectivity index (χ4v) is 4.31. The fraction of sp³-hybridized carbons (Fsp3) is 0.333. The fourth-order valence-electron chi connectivity index (χ4n) is 4.31. The Morgan fingerprint density at radius 2 is 1.48 bits per heavy atom. The first-order valence-electron chi connectivity index (χ1n) is 10.5. The molecule has 0 amide bonds. The van der Waals surface area contributed by atoms with E-state index in [4.69, 9.17) is 4.98 Å². The molecule has 1 aromatic heterocycles. The summed E-state index contributed by atoms with van der Waals surface area (Å²) < 4.78 is 0. The van der Waals surface area contributed by atoms with E-state index in [1.54, 1.807) is 0 Å². The lowest BCUT2D eigenvalue weighted by Gasteiger charge is -2.36. The van der Waals surface area contributed by atoms with Gasteiger partial charge < -0.3 is 9.80 Å². The first kappa shape index (κ1) is 18.1. The molecule has 5 nitrogen and oxygen atoms in total. The lowest BCUT2D eigenvalue weighted by Crippen LogP contribution is -2.46. The molecule has 2 aliphatic heterocycles. The Hall–Kier alpha value is -2.92. The van der Waals surface area contributed by atoms with E-state index in [0.29, 0.717) is 0 Å². The third-order valence-corrected chi connectivity index (χ3v) is 5.99. The number of piperazine rings is 1. The molecule has 148 valence electrons. The molecule has 1 fully saturated rings. The molecule has 0 saturated carbocycles. The third kappa shape index (κ3) is 4.10. The summed E-state index contributed by atoms with van der Waals surface area (Å²) in [5.74, 6) is 1.90. The lowest BCUT2D eigenvalue weighted by atomic mass is 10.0. The van der Waals surface area contributed by atoms with Gasteiger partial charge in [0.15, 0.2) is 0 Å². The molecule has 3 aromatic rings. The normalized spacial score (nSPS) is 17.2. The molecule has 0 radical (unpaired) electrons. The molecule has 2 aliphatic rings. The maximum absolute atomic E-state index is 4.92. The molecule has 1 saturated heterocycles. The van der Waals surface area contributed by atoms with E-state index in [0.717, 1.165) is 64.0 Å². The first-order chi connectivity index (χ1) is 14.3. The van der Waals surface area contributed by atoms with Crippen LogP contribution in [0.2, 0.25) is 0 Å². The van der Waals surface area contributed by atoms with Gasteiger partial charge in [0, 0.05) is 52.0 Å². The second kappa shape index (κ2) is 8.21. The van der Waals surface area contributed by atoms with Crippen LogP contribution >= 0.6 is 0 Å². The van der Waals surface area contributed by atoms with Crippen molar-refractivity contribution < 1.29 is 0 Å². The summed E-state index contributed by atoms with van der Waals surface area (Å²) in [6, 6.07) is 21.5. The van der Waals surface area contributed by atoms with Crippen molar-refractivity contribution >= 4 is 11.8 Å². The Morgan fingerprint density at radius 3 is 2.31 bits per heavy atom. The van der Waals surface area contributed by atoms with Crippen molar-refractivity contribution in [3.05, 3.63) is 83.6 Å². The molecule has 3 heterocycles. The Bertz CT molecular complexity index is 950. The van der Waals surface area contributed by atoms with Gasteiger partial charge in [-0.3, -0.25) is 4.90 Å². The summed E-state index contributed by atoms with van der Waals surface area (Å²) in [6.07, 6.45) is 2.97. The quantitative estimate of drug-likeness (QED) is 0.688. The number of nitrogens with zero attached hydrogens (tertiary/aromatic N) is 5. The van der Waals surface area contributed by atoms with Crippen molar-refractivity contribution in [2.45, 2.75) is 19.5 Å². The van der Waals surface area contributed by atoms with Crippen molar-refractivity contribution in [3.63, 3.8) is 0 Å². The van der Waals surface area contributed by atoms with Crippen LogP contribution < -0.4 is 9.80 Å². The molecule has 2 aromatic carbocycles. The van der Waals surface area contributed by atoms with Crippen molar-refractivity contribution in [1.29, 1.82) is 0 Å². The van der Waals surface area contributed by atoms with Gasteiger partial charge in [0.25, 0.3) is 0 Å². The van der Waals surface area contributed by atoms with E-state index in [-0.39, 0.29) is 0 Å². The van der Waals surface area contributed by atoms with Crippen molar-refractivity contribution in [1.82, 2.24) is 14.9 Å². The molecule has 5 rings (SSSR count). The van der Waals surface area contributed by atoms with Crippen LogP contribution in [0.15, 0.2) is 66.9 Å². The number of fused-ring (bicyclic) bond motifs is 1. The number of hydrogen-bond acceptors (Lipinski definition) is 5. The number of rotatable bonds is 4. The third-order valence-electron chi connectivity index (χ3n) is 5.99. The number of anilines is 2. The molecular weight excluding hydrogens is 358 g/mol. The van der Waals surface area contributed by atoms with E-state index in [9.17, 15) is 0 Å². The maximum Gasteiger partial charge on any atom is 0.227 e. The second-order valence-corrected chi connectivity index (χ2v) is 7.90. The summed E-state index contributed by atoms with van der Waals surface area (Å²) >= 11 is 0. The smallest absolute Gasteiger partial charge is 0.227 e. The summed E-state index contributed by atoms with van der Waals surface area (Å²) in [7, 11) is 0. The van der Waals surface area contributed by atoms with Gasteiger partial charge in [-0.2, -0.15) is 4.98 Å². The summed E-state index contributed by atoms with van der Waals surface area (Å²) in [5, 5.41) is 0. The Labute approximate surface area is 172 Å². The molecule has 5 heteroatoms. The Morgan fingerprint density at radius 1 is 0.724 bits per heavy atom. The van der Waals surface area contributed by atoms with Gasteiger partial charge in [0.2, 0.25) is 5.95 Å². The van der Waals surface area contributed by atoms with E-state index in [2.05, 4.69) is 74.3 Å². The summed E-state index contributed by atoms with van der Waals surface area (Å²) in [5.41, 5.74) is 4.23. The molecule has 0 N–H and O–H groups in total. The SMILES string of the molecule is c1ccc(CN2CCN(c3ccnc(N4CCc5ccccc5C4)n3)CC2)cc1. The van der Waals surface area contributed by atoms with E-state index in [1.807, 2.05) is 12.3 Å². The number of hydrogen-bond donors (Lipinski definition) is 0. The average Bonchev–Trinajstić information content (AvgIpc) is 2.80. The van der Waals surface area contributed by atoms with Crippen LogP contribution in [0.5, 0.6) is 0 Å². The van der Waals surface area contributed by atoms with Crippen molar-refractivity contribution in [3.8, 4) is 0 Å². The number of aromatic nitrogens is 2. The summed E-state index contributed by atoms with van der Waals surface area (Å²) in [4.78, 5) is 16.7. The van der Waals surface area contributed by atoms with Gasteiger partial charge >= 0.3 is 0 Å². The minimum Gasteiger partial charge on any atom is -0.354 e. The van der Waals surface area contributed by atoms with Gasteiger partial charge in [0.05, 0.1) is 0 Å². The Kier molecular flexibility index (Phi) is 5.13. The van der Waals surface area contributed by atoms with Gasteiger partial charge in [-0.25, -0.2) is 4.98 Å². The van der Waals surface area contributed by atoms with Crippen LogP contribution in [0.1, 0.15) is 16.7 Å². The van der Waals surface area contributed by atoms with Crippen LogP contribution in [-0.4, -0.2) is 47.6 Å². The second-order valence-electron chi connectivity index (χ2n) is 7.90. The van der Waals surface area contributed by atoms with E-state index < -0.39 is 0 Å². The van der Waals surface area contributed by atoms with Gasteiger partial charge in [-0.15, -0.1) is 0 Å². The number of benzene rings is 2. The van der Waals surface area contributed by atoms with E-state index >= 15 is 0 Å². The van der Waals surface area contributed by atoms with Crippen LogP contribution in [0, 0.1) is 0 Å². The highest BCUT2D eigenvalue weighted by molar-refractivity contribution is 5.46. The van der Waals surface area contributed by atoms with Crippen LogP contribution in [0.3, 0.4) is 0 Å². The molecule has 0 atom stereocenters. The first-order valence-corrected chi connectivity index (χ1v) is 10.5. The molecular formula is C24H27N5. The van der Waals surface area contributed by atoms with Gasteiger partial charge in [0.1, 0.15) is 5.82 Å². The molecule has 0 unspecified atom stereocenters. The van der Waals surface area contributed by atoms with Crippen LogP contribution in [0.4, 0.5) is 11.8 Å².